The third kappa shape index (κ3) is 3.53. The third-order valence-corrected chi connectivity index (χ3v) is 4.45. The topological polar surface area (TPSA) is 29.9 Å². The van der Waals surface area contributed by atoms with Crippen LogP contribution in [0.3, 0.4) is 0 Å². The summed E-state index contributed by atoms with van der Waals surface area (Å²) in [6, 6.07) is 8.75. The zero-order valence-corrected chi connectivity index (χ0v) is 12.9. The van der Waals surface area contributed by atoms with Gasteiger partial charge in [-0.3, -0.25) is 4.68 Å². The van der Waals surface area contributed by atoms with Crippen LogP contribution >= 0.6 is 23.4 Å². The molecular formula is C14H18ClN3S. The molecule has 1 heterocycles. The van der Waals surface area contributed by atoms with Crippen LogP contribution in [-0.2, 0) is 7.05 Å². The Morgan fingerprint density at radius 3 is 2.58 bits per heavy atom. The lowest BCUT2D eigenvalue weighted by atomic mass is 10.2. The summed E-state index contributed by atoms with van der Waals surface area (Å²) in [5.41, 5.74) is 2.31. The molecule has 1 N–H and O–H groups in total. The minimum Gasteiger partial charge on any atom is -0.311 e. The Hall–Kier alpha value is -0.970. The molecule has 1 aromatic carbocycles. The summed E-state index contributed by atoms with van der Waals surface area (Å²) < 4.78 is 1.83. The first-order valence-electron chi connectivity index (χ1n) is 6.16. The summed E-state index contributed by atoms with van der Waals surface area (Å²) in [6.07, 6.45) is 1.69. The maximum absolute atomic E-state index is 6.19. The molecule has 0 radical (unpaired) electrons. The van der Waals surface area contributed by atoms with E-state index in [1.165, 1.54) is 10.5 Å². The van der Waals surface area contributed by atoms with Crippen LogP contribution in [-0.4, -0.2) is 22.6 Å². The first kappa shape index (κ1) is 14.4. The van der Waals surface area contributed by atoms with Crippen molar-refractivity contribution >= 4 is 23.4 Å². The Labute approximate surface area is 123 Å². The quantitative estimate of drug-likeness (QED) is 0.857. The van der Waals surface area contributed by atoms with Gasteiger partial charge in [0.2, 0.25) is 0 Å². The van der Waals surface area contributed by atoms with Crippen LogP contribution in [0.5, 0.6) is 0 Å². The predicted molar refractivity (Wildman–Crippen MR) is 81.9 cm³/mol. The molecule has 2 rings (SSSR count). The smallest absolute Gasteiger partial charge is 0.0834 e. The monoisotopic (exact) mass is 295 g/mol. The van der Waals surface area contributed by atoms with Crippen molar-refractivity contribution in [1.82, 2.24) is 15.1 Å². The van der Waals surface area contributed by atoms with Crippen molar-refractivity contribution in [3.8, 4) is 0 Å². The van der Waals surface area contributed by atoms with E-state index in [2.05, 4.69) is 41.6 Å². The lowest BCUT2D eigenvalue weighted by Crippen LogP contribution is -2.22. The van der Waals surface area contributed by atoms with E-state index in [-0.39, 0.29) is 6.04 Å². The third-order valence-electron chi connectivity index (χ3n) is 3.05. The molecule has 0 fully saturated rings. The number of hydrogen-bond acceptors (Lipinski definition) is 3. The number of nitrogens with one attached hydrogen (secondary N) is 1. The van der Waals surface area contributed by atoms with Crippen molar-refractivity contribution in [3.05, 3.63) is 46.7 Å². The number of aryl methyl sites for hydroxylation is 2. The van der Waals surface area contributed by atoms with E-state index in [1.54, 1.807) is 6.20 Å². The molecule has 0 aliphatic heterocycles. The van der Waals surface area contributed by atoms with Gasteiger partial charge in [-0.05, 0) is 26.1 Å². The van der Waals surface area contributed by atoms with Crippen LogP contribution in [0.1, 0.15) is 17.3 Å². The zero-order valence-electron chi connectivity index (χ0n) is 11.4. The van der Waals surface area contributed by atoms with Crippen LogP contribution < -0.4 is 5.32 Å². The van der Waals surface area contributed by atoms with E-state index < -0.39 is 0 Å². The highest BCUT2D eigenvalue weighted by Gasteiger charge is 2.17. The molecule has 1 unspecified atom stereocenters. The van der Waals surface area contributed by atoms with Crippen molar-refractivity contribution in [2.45, 2.75) is 17.9 Å². The highest BCUT2D eigenvalue weighted by Crippen LogP contribution is 2.28. The Bertz CT molecular complexity index is 517. The molecule has 2 aromatic rings. The van der Waals surface area contributed by atoms with Crippen molar-refractivity contribution < 1.29 is 0 Å². The summed E-state index contributed by atoms with van der Waals surface area (Å²) in [5, 5.41) is 8.20. The van der Waals surface area contributed by atoms with Crippen LogP contribution in [0.15, 0.2) is 35.4 Å². The molecular weight excluding hydrogens is 278 g/mol. The largest absolute Gasteiger partial charge is 0.311 e. The second-order valence-electron chi connectivity index (χ2n) is 4.47. The van der Waals surface area contributed by atoms with Gasteiger partial charge in [-0.1, -0.05) is 29.3 Å². The molecule has 0 bridgehead atoms. The van der Waals surface area contributed by atoms with Crippen molar-refractivity contribution in [3.63, 3.8) is 0 Å². The highest BCUT2D eigenvalue weighted by atomic mass is 35.5. The Kier molecular flexibility index (Phi) is 4.91. The molecule has 5 heteroatoms. The van der Waals surface area contributed by atoms with Gasteiger partial charge in [0.1, 0.15) is 0 Å². The van der Waals surface area contributed by atoms with Gasteiger partial charge in [0.25, 0.3) is 0 Å². The fraction of sp³-hybridized carbons (Fsp3) is 0.357. The lowest BCUT2D eigenvalue weighted by molar-refractivity contribution is 0.586. The summed E-state index contributed by atoms with van der Waals surface area (Å²) >= 11 is 8.00. The minimum absolute atomic E-state index is 0.186. The molecule has 0 saturated heterocycles. The summed E-state index contributed by atoms with van der Waals surface area (Å²) in [4.78, 5) is 1.27. The number of benzene rings is 1. The molecule has 0 amide bonds. The van der Waals surface area contributed by atoms with Crippen LogP contribution in [0.2, 0.25) is 5.02 Å². The molecule has 1 aromatic heterocycles. The second-order valence-corrected chi connectivity index (χ2v) is 5.97. The molecule has 0 aliphatic rings. The van der Waals surface area contributed by atoms with Gasteiger partial charge in [-0.2, -0.15) is 5.10 Å². The Morgan fingerprint density at radius 2 is 2.05 bits per heavy atom. The summed E-state index contributed by atoms with van der Waals surface area (Å²) in [5.74, 6) is 0.915. The van der Waals surface area contributed by atoms with Crippen molar-refractivity contribution in [1.29, 1.82) is 0 Å². The number of halogens is 1. The molecule has 19 heavy (non-hydrogen) atoms. The van der Waals surface area contributed by atoms with Gasteiger partial charge in [-0.25, -0.2) is 0 Å². The average molecular weight is 296 g/mol. The fourth-order valence-electron chi connectivity index (χ4n) is 1.93. The fourth-order valence-corrected chi connectivity index (χ4v) is 3.24. The van der Waals surface area contributed by atoms with Crippen LogP contribution in [0.4, 0.5) is 0 Å². The highest BCUT2D eigenvalue weighted by molar-refractivity contribution is 7.99. The summed E-state index contributed by atoms with van der Waals surface area (Å²) in [7, 11) is 3.87. The van der Waals surface area contributed by atoms with Crippen LogP contribution in [0.25, 0.3) is 0 Å². The Morgan fingerprint density at radius 1 is 1.37 bits per heavy atom. The van der Waals surface area contributed by atoms with E-state index in [0.717, 1.165) is 11.4 Å². The normalized spacial score (nSPS) is 12.6. The van der Waals surface area contributed by atoms with Crippen LogP contribution in [0, 0.1) is 6.92 Å². The molecule has 0 aliphatic carbocycles. The predicted octanol–water partition coefficient (Wildman–Crippen LogP) is 3.43. The van der Waals surface area contributed by atoms with E-state index >= 15 is 0 Å². The summed E-state index contributed by atoms with van der Waals surface area (Å²) in [6.45, 7) is 2.10. The maximum atomic E-state index is 6.19. The average Bonchev–Trinajstić information content (AvgIpc) is 2.73. The van der Waals surface area contributed by atoms with Gasteiger partial charge in [-0.15, -0.1) is 11.8 Å². The molecule has 3 nitrogen and oxygen atoms in total. The van der Waals surface area contributed by atoms with Gasteiger partial charge >= 0.3 is 0 Å². The first-order chi connectivity index (χ1) is 9.11. The number of aromatic nitrogens is 2. The van der Waals surface area contributed by atoms with Crippen molar-refractivity contribution in [2.75, 3.05) is 12.8 Å². The van der Waals surface area contributed by atoms with E-state index in [1.807, 2.05) is 30.5 Å². The number of nitrogens with zero attached hydrogens (tertiary/aromatic N) is 2. The molecule has 102 valence electrons. The minimum atomic E-state index is 0.186. The lowest BCUT2D eigenvalue weighted by Gasteiger charge is -2.17. The number of rotatable bonds is 5. The maximum Gasteiger partial charge on any atom is 0.0834 e. The van der Waals surface area contributed by atoms with Gasteiger partial charge in [0.05, 0.1) is 23.0 Å². The van der Waals surface area contributed by atoms with Crippen molar-refractivity contribution in [2.24, 2.45) is 7.05 Å². The Balaban J connectivity index is 2.06. The molecule has 0 saturated carbocycles. The van der Waals surface area contributed by atoms with Gasteiger partial charge < -0.3 is 5.32 Å². The number of thioether (sulfide) groups is 1. The molecule has 1 atom stereocenters. The van der Waals surface area contributed by atoms with E-state index in [9.17, 15) is 0 Å². The molecule has 0 spiro atoms. The zero-order chi connectivity index (χ0) is 13.8. The first-order valence-corrected chi connectivity index (χ1v) is 7.52. The second kappa shape index (κ2) is 6.46. The van der Waals surface area contributed by atoms with E-state index in [0.29, 0.717) is 5.02 Å². The van der Waals surface area contributed by atoms with Gasteiger partial charge in [0, 0.05) is 17.7 Å². The standard InChI is InChI=1S/C14H18ClN3S/c1-10-4-6-11(7-5-10)19-9-13(16-2)14-12(15)8-17-18(14)3/h4-8,13,16H,9H2,1-3H3. The van der Waals surface area contributed by atoms with Gasteiger partial charge in [0.15, 0.2) is 0 Å². The van der Waals surface area contributed by atoms with E-state index in [4.69, 9.17) is 11.6 Å². The SMILES string of the molecule is CNC(CSc1ccc(C)cc1)c1c(Cl)cnn1C. The number of hydrogen-bond donors (Lipinski definition) is 1.